The second kappa shape index (κ2) is 16.3. The molecule has 0 saturated carbocycles. The van der Waals surface area contributed by atoms with Crippen molar-refractivity contribution in [1.29, 1.82) is 5.41 Å². The molecular weight excluding hydrogens is 717 g/mol. The molecule has 0 unspecified atom stereocenters. The average Bonchev–Trinajstić information content (AvgIpc) is 3.84. The molecule has 0 atom stereocenters. The van der Waals surface area contributed by atoms with E-state index in [4.69, 9.17) is 11.1 Å². The molecule has 11 aromatic rings. The van der Waals surface area contributed by atoms with Crippen LogP contribution >= 0.6 is 22.7 Å². The van der Waals surface area contributed by atoms with E-state index in [1.165, 1.54) is 100 Å². The number of hydrogen-bond donors (Lipinski definition) is 2. The van der Waals surface area contributed by atoms with E-state index < -0.39 is 0 Å². The molecule has 2 nitrogen and oxygen atoms in total. The molecule has 0 radical (unpaired) electrons. The van der Waals surface area contributed by atoms with Gasteiger partial charge in [-0.2, -0.15) is 0 Å². The Morgan fingerprint density at radius 1 is 0.429 bits per heavy atom. The van der Waals surface area contributed by atoms with Gasteiger partial charge < -0.3 is 11.1 Å². The molecule has 0 spiro atoms. The average molecular weight is 759 g/mol. The molecule has 0 fully saturated rings. The molecule has 9 aromatic carbocycles. The fourth-order valence-electron chi connectivity index (χ4n) is 7.69. The maximum Gasteiger partial charge on any atom is 0.0384 e. The van der Waals surface area contributed by atoms with Gasteiger partial charge in [0, 0.05) is 46.9 Å². The van der Waals surface area contributed by atoms with E-state index in [9.17, 15) is 0 Å². The van der Waals surface area contributed by atoms with Crippen LogP contribution in [-0.2, 0) is 6.54 Å². The van der Waals surface area contributed by atoms with Crippen molar-refractivity contribution in [2.75, 3.05) is 0 Å². The zero-order valence-electron chi connectivity index (χ0n) is 31.6. The predicted molar refractivity (Wildman–Crippen MR) is 250 cm³/mol. The van der Waals surface area contributed by atoms with Crippen LogP contribution in [0, 0.1) is 19.3 Å². The highest BCUT2D eigenvalue weighted by Gasteiger charge is 2.11. The Balaban J connectivity index is 0.000000150. The van der Waals surface area contributed by atoms with Gasteiger partial charge in [0.15, 0.2) is 0 Å². The number of hydrogen-bond acceptors (Lipinski definition) is 4. The van der Waals surface area contributed by atoms with Crippen LogP contribution in [-0.4, -0.2) is 6.72 Å². The molecule has 0 aliphatic heterocycles. The second-order valence-corrected chi connectivity index (χ2v) is 16.0. The van der Waals surface area contributed by atoms with Crippen LogP contribution in [0.2, 0.25) is 0 Å². The van der Waals surface area contributed by atoms with Crippen molar-refractivity contribution in [3.63, 3.8) is 0 Å². The summed E-state index contributed by atoms with van der Waals surface area (Å²) >= 11 is 3.77. The van der Waals surface area contributed by atoms with E-state index in [0.717, 1.165) is 0 Å². The van der Waals surface area contributed by atoms with E-state index in [1.807, 2.05) is 53.0 Å². The zero-order valence-corrected chi connectivity index (χ0v) is 33.2. The third-order valence-corrected chi connectivity index (χ3v) is 12.9. The van der Waals surface area contributed by atoms with Gasteiger partial charge in [0.2, 0.25) is 0 Å². The standard InChI is InChI=1S/C31H20S.C13H10S.C7H9N.CH3N/c1-19-5-4-8-30-31(19)28-18-22(12-16-29(28)32-30)21-10-13-25-23(17-21)11-15-26-24-7-3-2-6-20(24)9-14-27(25)26;1-9-5-4-7-11-10-6-2-3-8-12(10)14-13(9)11;8-6-7-4-2-1-3-5-7;1-2/h2-18H,1H3;2-8H,1H3;1-5H,6,8H2;2H,1H2. The lowest BCUT2D eigenvalue weighted by Crippen LogP contribution is -1.94. The summed E-state index contributed by atoms with van der Waals surface area (Å²) in [6, 6.07) is 63.3. The first kappa shape index (κ1) is 36.8. The number of rotatable bonds is 2. The Labute approximate surface area is 335 Å². The Morgan fingerprint density at radius 2 is 1.00 bits per heavy atom. The van der Waals surface area contributed by atoms with E-state index in [2.05, 4.69) is 166 Å². The molecule has 272 valence electrons. The van der Waals surface area contributed by atoms with Crippen LogP contribution in [0.5, 0.6) is 0 Å². The first-order valence-corrected chi connectivity index (χ1v) is 20.4. The SMILES string of the molecule is C=N.Cc1cccc2c1sc1ccccc12.Cc1cccc2sc3ccc(-c4ccc5c(ccc6c7ccccc7ccc56)c4)cc3c12.NCc1ccccc1. The lowest BCUT2D eigenvalue weighted by atomic mass is 9.94. The van der Waals surface area contributed by atoms with Gasteiger partial charge in [0.05, 0.1) is 0 Å². The third kappa shape index (κ3) is 7.07. The van der Waals surface area contributed by atoms with Crippen molar-refractivity contribution < 1.29 is 0 Å². The Bertz CT molecular complexity index is 3140. The van der Waals surface area contributed by atoms with Crippen molar-refractivity contribution in [3.8, 4) is 11.1 Å². The first-order chi connectivity index (χ1) is 27.6. The fraction of sp³-hybridized carbons (Fsp3) is 0.0577. The molecular formula is C52H42N2S2. The summed E-state index contributed by atoms with van der Waals surface area (Å²) in [6.07, 6.45) is 0. The lowest BCUT2D eigenvalue weighted by molar-refractivity contribution is 1.07. The van der Waals surface area contributed by atoms with Gasteiger partial charge in [-0.25, -0.2) is 0 Å². The molecule has 0 aliphatic carbocycles. The molecule has 2 aromatic heterocycles. The van der Waals surface area contributed by atoms with Gasteiger partial charge in [0.1, 0.15) is 0 Å². The van der Waals surface area contributed by atoms with Crippen LogP contribution in [0.1, 0.15) is 16.7 Å². The third-order valence-electron chi connectivity index (χ3n) is 10.5. The minimum Gasteiger partial charge on any atom is -0.326 e. The summed E-state index contributed by atoms with van der Waals surface area (Å²) in [6.45, 7) is 7.53. The maximum absolute atomic E-state index is 5.50. The van der Waals surface area contributed by atoms with Crippen molar-refractivity contribution in [1.82, 2.24) is 0 Å². The predicted octanol–water partition coefficient (Wildman–Crippen LogP) is 15.3. The van der Waals surface area contributed by atoms with Crippen LogP contribution in [0.25, 0.3) is 83.8 Å². The molecule has 0 saturated heterocycles. The van der Waals surface area contributed by atoms with Gasteiger partial charge >= 0.3 is 0 Å². The minimum atomic E-state index is 0.640. The van der Waals surface area contributed by atoms with Crippen molar-refractivity contribution in [2.45, 2.75) is 20.4 Å². The Kier molecular flexibility index (Phi) is 10.7. The largest absolute Gasteiger partial charge is 0.326 e. The van der Waals surface area contributed by atoms with Crippen LogP contribution in [0.3, 0.4) is 0 Å². The molecule has 11 rings (SSSR count). The molecule has 0 bridgehead atoms. The lowest BCUT2D eigenvalue weighted by Gasteiger charge is -2.10. The highest BCUT2D eigenvalue weighted by Crippen LogP contribution is 2.39. The summed E-state index contributed by atoms with van der Waals surface area (Å²) in [5, 5.41) is 18.9. The van der Waals surface area contributed by atoms with Crippen molar-refractivity contribution >= 4 is 102 Å². The molecule has 0 amide bonds. The molecule has 0 aliphatic rings. The summed E-state index contributed by atoms with van der Waals surface area (Å²) in [7, 11) is 0. The van der Waals surface area contributed by atoms with Crippen LogP contribution in [0.15, 0.2) is 176 Å². The van der Waals surface area contributed by atoms with E-state index in [-0.39, 0.29) is 0 Å². The van der Waals surface area contributed by atoms with Gasteiger partial charge in [-0.05, 0) is 111 Å². The van der Waals surface area contributed by atoms with Gasteiger partial charge in [-0.1, -0.05) is 146 Å². The van der Waals surface area contributed by atoms with Crippen LogP contribution < -0.4 is 5.73 Å². The summed E-state index contributed by atoms with van der Waals surface area (Å²) in [5.41, 5.74) is 11.8. The second-order valence-electron chi connectivity index (χ2n) is 13.9. The van der Waals surface area contributed by atoms with Gasteiger partial charge in [-0.3, -0.25) is 0 Å². The smallest absolute Gasteiger partial charge is 0.0384 e. The normalized spacial score (nSPS) is 11.0. The Morgan fingerprint density at radius 3 is 1.79 bits per heavy atom. The first-order valence-electron chi connectivity index (χ1n) is 18.8. The summed E-state index contributed by atoms with van der Waals surface area (Å²) in [4.78, 5) is 0. The van der Waals surface area contributed by atoms with Crippen molar-refractivity contribution in [3.05, 3.63) is 193 Å². The number of thiophene rings is 2. The summed E-state index contributed by atoms with van der Waals surface area (Å²) < 4.78 is 5.54. The van der Waals surface area contributed by atoms with Crippen molar-refractivity contribution in [2.24, 2.45) is 5.73 Å². The number of fused-ring (bicyclic) bond motifs is 11. The summed E-state index contributed by atoms with van der Waals surface area (Å²) in [5.74, 6) is 0. The van der Waals surface area contributed by atoms with E-state index in [0.29, 0.717) is 6.54 Å². The fourth-order valence-corrected chi connectivity index (χ4v) is 10.0. The highest BCUT2D eigenvalue weighted by molar-refractivity contribution is 7.26. The van der Waals surface area contributed by atoms with E-state index in [1.54, 1.807) is 0 Å². The minimum absolute atomic E-state index is 0.640. The van der Waals surface area contributed by atoms with Gasteiger partial charge in [-0.15, -0.1) is 22.7 Å². The van der Waals surface area contributed by atoms with Crippen LogP contribution in [0.4, 0.5) is 0 Å². The molecule has 56 heavy (non-hydrogen) atoms. The monoisotopic (exact) mass is 758 g/mol. The van der Waals surface area contributed by atoms with Gasteiger partial charge in [0.25, 0.3) is 0 Å². The number of benzene rings is 9. The topological polar surface area (TPSA) is 49.9 Å². The zero-order chi connectivity index (χ0) is 38.6. The molecule has 2 heterocycles. The number of nitrogens with one attached hydrogen (secondary N) is 1. The molecule has 4 heteroatoms. The number of aryl methyl sites for hydroxylation is 2. The quantitative estimate of drug-likeness (QED) is 0.134. The number of nitrogens with two attached hydrogens (primary N) is 1. The van der Waals surface area contributed by atoms with E-state index >= 15 is 0 Å². The molecule has 3 N–H and O–H groups in total. The maximum atomic E-state index is 5.50. The highest BCUT2D eigenvalue weighted by atomic mass is 32.1. The Hall–Kier alpha value is -6.17.